The van der Waals surface area contributed by atoms with E-state index in [1.54, 1.807) is 0 Å². The lowest BCUT2D eigenvalue weighted by Gasteiger charge is -2.35. The summed E-state index contributed by atoms with van der Waals surface area (Å²) in [6.07, 6.45) is 2.94. The van der Waals surface area contributed by atoms with E-state index in [1.807, 2.05) is 26.1 Å². The van der Waals surface area contributed by atoms with Crippen LogP contribution in [0.4, 0.5) is 0 Å². The zero-order valence-corrected chi connectivity index (χ0v) is 11.1. The van der Waals surface area contributed by atoms with Gasteiger partial charge in [0.2, 0.25) is 0 Å². The summed E-state index contributed by atoms with van der Waals surface area (Å²) in [4.78, 5) is 13.5. The molecule has 100 valence electrons. The Morgan fingerprint density at radius 3 is 2.89 bits per heavy atom. The van der Waals surface area contributed by atoms with Crippen LogP contribution in [0.25, 0.3) is 0 Å². The number of aryl methyl sites for hydroxylation is 1. The second-order valence-electron chi connectivity index (χ2n) is 5.32. The predicted molar refractivity (Wildman–Crippen MR) is 68.3 cm³/mol. The van der Waals surface area contributed by atoms with Crippen molar-refractivity contribution in [1.82, 2.24) is 4.90 Å². The minimum absolute atomic E-state index is 0.339. The predicted octanol–water partition coefficient (Wildman–Crippen LogP) is 2.02. The average Bonchev–Trinajstić information content (AvgIpc) is 2.75. The SMILES string of the molecule is Cc1ccc(CN(C)CC2(C=O)CCCOC2)o1. The van der Waals surface area contributed by atoms with Gasteiger partial charge in [0.05, 0.1) is 18.6 Å². The summed E-state index contributed by atoms with van der Waals surface area (Å²) in [5.74, 6) is 1.86. The first-order valence-electron chi connectivity index (χ1n) is 6.41. The molecule has 1 unspecified atom stereocenters. The highest BCUT2D eigenvalue weighted by Gasteiger charge is 2.33. The van der Waals surface area contributed by atoms with Crippen LogP contribution in [-0.4, -0.2) is 38.0 Å². The first-order chi connectivity index (χ1) is 8.63. The summed E-state index contributed by atoms with van der Waals surface area (Å²) in [6, 6.07) is 3.94. The monoisotopic (exact) mass is 251 g/mol. The molecule has 0 aromatic carbocycles. The van der Waals surface area contributed by atoms with Crippen LogP contribution in [0.15, 0.2) is 16.5 Å². The molecule has 2 heterocycles. The Morgan fingerprint density at radius 2 is 2.33 bits per heavy atom. The Hall–Kier alpha value is -1.13. The summed E-state index contributed by atoms with van der Waals surface area (Å²) >= 11 is 0. The number of nitrogens with zero attached hydrogens (tertiary/aromatic N) is 1. The van der Waals surface area contributed by atoms with Crippen molar-refractivity contribution in [3.05, 3.63) is 23.7 Å². The number of aldehydes is 1. The van der Waals surface area contributed by atoms with Crippen LogP contribution in [0.3, 0.4) is 0 Å². The number of furan rings is 1. The largest absolute Gasteiger partial charge is 0.465 e. The van der Waals surface area contributed by atoms with Gasteiger partial charge in [0, 0.05) is 13.2 Å². The van der Waals surface area contributed by atoms with Crippen LogP contribution in [-0.2, 0) is 16.1 Å². The second kappa shape index (κ2) is 5.67. The van der Waals surface area contributed by atoms with Gasteiger partial charge < -0.3 is 13.9 Å². The lowest BCUT2D eigenvalue weighted by atomic mass is 9.83. The van der Waals surface area contributed by atoms with Crippen LogP contribution in [0.1, 0.15) is 24.4 Å². The van der Waals surface area contributed by atoms with E-state index >= 15 is 0 Å². The van der Waals surface area contributed by atoms with E-state index in [2.05, 4.69) is 4.90 Å². The molecule has 0 N–H and O–H groups in total. The van der Waals surface area contributed by atoms with Crippen LogP contribution in [0.2, 0.25) is 0 Å². The average molecular weight is 251 g/mol. The van der Waals surface area contributed by atoms with Crippen molar-refractivity contribution in [2.75, 3.05) is 26.8 Å². The molecule has 1 saturated heterocycles. The van der Waals surface area contributed by atoms with E-state index in [-0.39, 0.29) is 5.41 Å². The van der Waals surface area contributed by atoms with Gasteiger partial charge in [-0.05, 0) is 38.9 Å². The van der Waals surface area contributed by atoms with Crippen molar-refractivity contribution >= 4 is 6.29 Å². The highest BCUT2D eigenvalue weighted by Crippen LogP contribution is 2.27. The number of rotatable bonds is 5. The van der Waals surface area contributed by atoms with Crippen LogP contribution in [0, 0.1) is 12.3 Å². The van der Waals surface area contributed by atoms with Gasteiger partial charge in [-0.15, -0.1) is 0 Å². The zero-order chi connectivity index (χ0) is 13.0. The Kier molecular flexibility index (Phi) is 4.19. The molecule has 1 fully saturated rings. The maximum Gasteiger partial charge on any atom is 0.129 e. The highest BCUT2D eigenvalue weighted by atomic mass is 16.5. The Labute approximate surface area is 108 Å². The minimum Gasteiger partial charge on any atom is -0.465 e. The molecule has 0 amide bonds. The molecule has 4 heteroatoms. The van der Waals surface area contributed by atoms with Gasteiger partial charge in [-0.2, -0.15) is 0 Å². The summed E-state index contributed by atoms with van der Waals surface area (Å²) in [7, 11) is 2.01. The van der Waals surface area contributed by atoms with Crippen molar-refractivity contribution in [3.63, 3.8) is 0 Å². The molecule has 0 aliphatic carbocycles. The Morgan fingerprint density at radius 1 is 1.50 bits per heavy atom. The third kappa shape index (κ3) is 3.21. The van der Waals surface area contributed by atoms with Crippen molar-refractivity contribution in [2.45, 2.75) is 26.3 Å². The molecule has 2 rings (SSSR count). The smallest absolute Gasteiger partial charge is 0.129 e. The summed E-state index contributed by atoms with van der Waals surface area (Å²) in [5.41, 5.74) is -0.339. The van der Waals surface area contributed by atoms with E-state index in [4.69, 9.17) is 9.15 Å². The summed E-state index contributed by atoms with van der Waals surface area (Å²) in [5, 5.41) is 0. The first kappa shape index (κ1) is 13.3. The molecular formula is C14H21NO3. The quantitative estimate of drug-likeness (QED) is 0.751. The van der Waals surface area contributed by atoms with E-state index < -0.39 is 0 Å². The van der Waals surface area contributed by atoms with Gasteiger partial charge >= 0.3 is 0 Å². The van der Waals surface area contributed by atoms with Crippen LogP contribution in [0.5, 0.6) is 0 Å². The Balaban J connectivity index is 1.92. The number of carbonyl (C=O) groups excluding carboxylic acids is 1. The normalized spacial score (nSPS) is 24.4. The molecule has 1 atom stereocenters. The standard InChI is InChI=1S/C14H21NO3/c1-12-4-5-13(18-12)8-15(2)9-14(10-16)6-3-7-17-11-14/h4-5,10H,3,6-9,11H2,1-2H3. The second-order valence-corrected chi connectivity index (χ2v) is 5.32. The fourth-order valence-corrected chi connectivity index (χ4v) is 2.56. The minimum atomic E-state index is -0.339. The fourth-order valence-electron chi connectivity index (χ4n) is 2.56. The third-order valence-electron chi connectivity index (χ3n) is 3.41. The van der Waals surface area contributed by atoms with Crippen molar-refractivity contribution in [3.8, 4) is 0 Å². The molecule has 18 heavy (non-hydrogen) atoms. The molecule has 1 aromatic heterocycles. The van der Waals surface area contributed by atoms with Crippen molar-refractivity contribution in [2.24, 2.45) is 5.41 Å². The maximum absolute atomic E-state index is 11.3. The third-order valence-corrected chi connectivity index (χ3v) is 3.41. The molecule has 1 aliphatic rings. The molecule has 1 aliphatic heterocycles. The van der Waals surface area contributed by atoms with Crippen LogP contribution < -0.4 is 0 Å². The molecule has 0 saturated carbocycles. The van der Waals surface area contributed by atoms with Crippen molar-refractivity contribution in [1.29, 1.82) is 0 Å². The lowest BCUT2D eigenvalue weighted by Crippen LogP contribution is -2.42. The lowest BCUT2D eigenvalue weighted by molar-refractivity contribution is -0.125. The molecule has 4 nitrogen and oxygen atoms in total. The first-order valence-corrected chi connectivity index (χ1v) is 6.41. The van der Waals surface area contributed by atoms with Crippen molar-refractivity contribution < 1.29 is 13.9 Å². The van der Waals surface area contributed by atoms with Gasteiger partial charge in [-0.3, -0.25) is 4.90 Å². The molecule has 0 radical (unpaired) electrons. The zero-order valence-electron chi connectivity index (χ0n) is 11.1. The number of hydrogen-bond donors (Lipinski definition) is 0. The molecular weight excluding hydrogens is 230 g/mol. The van der Waals surface area contributed by atoms with Gasteiger partial charge in [-0.1, -0.05) is 0 Å². The van der Waals surface area contributed by atoms with Gasteiger partial charge in [0.15, 0.2) is 0 Å². The fraction of sp³-hybridized carbons (Fsp3) is 0.643. The van der Waals surface area contributed by atoms with E-state index in [0.29, 0.717) is 6.61 Å². The topological polar surface area (TPSA) is 42.7 Å². The molecule has 0 spiro atoms. The summed E-state index contributed by atoms with van der Waals surface area (Å²) < 4.78 is 11.0. The number of ether oxygens (including phenoxy) is 1. The highest BCUT2D eigenvalue weighted by molar-refractivity contribution is 5.60. The van der Waals surface area contributed by atoms with Gasteiger partial charge in [0.1, 0.15) is 17.8 Å². The number of hydrogen-bond acceptors (Lipinski definition) is 4. The molecule has 0 bridgehead atoms. The van der Waals surface area contributed by atoms with E-state index in [0.717, 1.165) is 50.3 Å². The number of carbonyl (C=O) groups is 1. The maximum atomic E-state index is 11.3. The van der Waals surface area contributed by atoms with Gasteiger partial charge in [0.25, 0.3) is 0 Å². The van der Waals surface area contributed by atoms with Gasteiger partial charge in [-0.25, -0.2) is 0 Å². The van der Waals surface area contributed by atoms with E-state index in [9.17, 15) is 4.79 Å². The van der Waals surface area contributed by atoms with Crippen LogP contribution >= 0.6 is 0 Å². The van der Waals surface area contributed by atoms with E-state index in [1.165, 1.54) is 0 Å². The summed E-state index contributed by atoms with van der Waals surface area (Å²) in [6.45, 7) is 4.69. The Bertz CT molecular complexity index is 393. The molecule has 1 aromatic rings.